The van der Waals surface area contributed by atoms with Crippen LogP contribution in [0.2, 0.25) is 0 Å². The first-order valence-electron chi connectivity index (χ1n) is 6.53. The highest BCUT2D eigenvalue weighted by Crippen LogP contribution is 2.15. The van der Waals surface area contributed by atoms with Crippen LogP contribution in [0.15, 0.2) is 36.5 Å². The lowest BCUT2D eigenvalue weighted by Gasteiger charge is -2.13. The second-order valence-electron chi connectivity index (χ2n) is 4.74. The van der Waals surface area contributed by atoms with Crippen LogP contribution in [-0.4, -0.2) is 30.2 Å². The molecule has 102 valence electrons. The van der Waals surface area contributed by atoms with Crippen molar-refractivity contribution in [1.29, 1.82) is 0 Å². The lowest BCUT2D eigenvalue weighted by molar-refractivity contribution is -0.122. The number of rotatable bonds is 6. The minimum absolute atomic E-state index is 0.0545. The molecule has 0 aliphatic rings. The average Bonchev–Trinajstić information content (AvgIpc) is 2.80. The number of hydrogen-bond donors (Lipinski definition) is 1. The molecule has 1 aromatic heterocycles. The van der Waals surface area contributed by atoms with E-state index >= 15 is 0 Å². The molecule has 0 bridgehead atoms. The number of aromatic nitrogens is 1. The molecule has 0 saturated heterocycles. The number of nitrogens with one attached hydrogen (secondary N) is 1. The van der Waals surface area contributed by atoms with Crippen molar-refractivity contribution in [3.63, 3.8) is 0 Å². The summed E-state index contributed by atoms with van der Waals surface area (Å²) in [4.78, 5) is 11.8. The van der Waals surface area contributed by atoms with Gasteiger partial charge in [-0.15, -0.1) is 0 Å². The first-order chi connectivity index (χ1) is 9.20. The molecule has 4 nitrogen and oxygen atoms in total. The van der Waals surface area contributed by atoms with E-state index in [4.69, 9.17) is 4.74 Å². The van der Waals surface area contributed by atoms with E-state index in [1.165, 1.54) is 10.9 Å². The summed E-state index contributed by atoms with van der Waals surface area (Å²) in [6.07, 6.45) is 2.50. The first kappa shape index (κ1) is 13.6. The second-order valence-corrected chi connectivity index (χ2v) is 4.74. The molecule has 1 aromatic carbocycles. The fraction of sp³-hybridized carbons (Fsp3) is 0.400. The molecule has 0 aliphatic carbocycles. The fourth-order valence-corrected chi connectivity index (χ4v) is 2.20. The molecular weight excluding hydrogens is 240 g/mol. The van der Waals surface area contributed by atoms with Crippen molar-refractivity contribution in [1.82, 2.24) is 9.88 Å². The molecule has 0 radical (unpaired) electrons. The van der Waals surface area contributed by atoms with Crippen LogP contribution >= 0.6 is 0 Å². The Kier molecular flexibility index (Phi) is 4.58. The number of aryl methyl sites for hydroxylation is 1. The van der Waals surface area contributed by atoms with Crippen molar-refractivity contribution in [2.24, 2.45) is 0 Å². The third kappa shape index (κ3) is 3.58. The predicted molar refractivity (Wildman–Crippen MR) is 76.0 cm³/mol. The van der Waals surface area contributed by atoms with Crippen LogP contribution < -0.4 is 5.32 Å². The third-order valence-electron chi connectivity index (χ3n) is 3.08. The van der Waals surface area contributed by atoms with E-state index < -0.39 is 0 Å². The number of ether oxygens (including phenoxy) is 1. The maximum Gasteiger partial charge on any atom is 0.222 e. The van der Waals surface area contributed by atoms with E-state index in [-0.39, 0.29) is 11.9 Å². The van der Waals surface area contributed by atoms with Gasteiger partial charge in [0.2, 0.25) is 5.91 Å². The third-order valence-corrected chi connectivity index (χ3v) is 3.08. The van der Waals surface area contributed by atoms with Gasteiger partial charge >= 0.3 is 0 Å². The van der Waals surface area contributed by atoms with Gasteiger partial charge in [0.25, 0.3) is 0 Å². The highest BCUT2D eigenvalue weighted by atomic mass is 16.5. The van der Waals surface area contributed by atoms with Crippen LogP contribution in [-0.2, 0) is 16.1 Å². The van der Waals surface area contributed by atoms with Gasteiger partial charge in [-0.05, 0) is 24.4 Å². The molecule has 1 heterocycles. The molecular formula is C15H20N2O2. The normalized spacial score (nSPS) is 12.5. The number of fused-ring (bicyclic) bond motifs is 1. The zero-order chi connectivity index (χ0) is 13.7. The second kappa shape index (κ2) is 6.38. The quantitative estimate of drug-likeness (QED) is 0.865. The monoisotopic (exact) mass is 260 g/mol. The Labute approximate surface area is 113 Å². The highest BCUT2D eigenvalue weighted by Gasteiger charge is 2.07. The summed E-state index contributed by atoms with van der Waals surface area (Å²) in [6.45, 7) is 3.17. The van der Waals surface area contributed by atoms with Gasteiger partial charge in [0, 0.05) is 37.8 Å². The number of methoxy groups -OCH3 is 1. The Morgan fingerprint density at radius 1 is 1.37 bits per heavy atom. The molecule has 0 spiro atoms. The van der Waals surface area contributed by atoms with Gasteiger partial charge in [-0.1, -0.05) is 18.2 Å². The molecule has 1 atom stereocenters. The molecule has 1 amide bonds. The van der Waals surface area contributed by atoms with E-state index in [0.717, 1.165) is 0 Å². The summed E-state index contributed by atoms with van der Waals surface area (Å²) in [5.41, 5.74) is 1.17. The lowest BCUT2D eigenvalue weighted by Crippen LogP contribution is -2.35. The minimum atomic E-state index is 0.0545. The van der Waals surface area contributed by atoms with Gasteiger partial charge in [0.15, 0.2) is 0 Å². The Balaban J connectivity index is 1.90. The Morgan fingerprint density at radius 2 is 2.16 bits per heavy atom. The number of carbonyl (C=O) groups is 1. The molecule has 2 aromatic rings. The minimum Gasteiger partial charge on any atom is -0.383 e. The highest BCUT2D eigenvalue weighted by molar-refractivity contribution is 5.80. The number of amides is 1. The number of para-hydroxylation sites is 1. The maximum absolute atomic E-state index is 11.8. The van der Waals surface area contributed by atoms with Crippen molar-refractivity contribution >= 4 is 16.8 Å². The summed E-state index contributed by atoms with van der Waals surface area (Å²) < 4.78 is 7.10. The van der Waals surface area contributed by atoms with Gasteiger partial charge in [0.05, 0.1) is 6.61 Å². The van der Waals surface area contributed by atoms with Crippen LogP contribution in [0.1, 0.15) is 13.3 Å². The average molecular weight is 260 g/mol. The van der Waals surface area contributed by atoms with E-state index in [0.29, 0.717) is 19.6 Å². The van der Waals surface area contributed by atoms with Gasteiger partial charge in [-0.25, -0.2) is 0 Å². The summed E-state index contributed by atoms with van der Waals surface area (Å²) in [7, 11) is 1.63. The molecule has 1 unspecified atom stereocenters. The SMILES string of the molecule is COCC(C)NC(=O)CCn1ccc2ccccc21. The van der Waals surface area contributed by atoms with Gasteiger partial charge in [-0.2, -0.15) is 0 Å². The van der Waals surface area contributed by atoms with Crippen molar-refractivity contribution in [2.45, 2.75) is 25.9 Å². The summed E-state index contributed by atoms with van der Waals surface area (Å²) >= 11 is 0. The van der Waals surface area contributed by atoms with Gasteiger partial charge in [-0.3, -0.25) is 4.79 Å². The largest absolute Gasteiger partial charge is 0.383 e. The lowest BCUT2D eigenvalue weighted by atomic mass is 10.2. The first-order valence-corrected chi connectivity index (χ1v) is 6.53. The number of nitrogens with zero attached hydrogens (tertiary/aromatic N) is 1. The zero-order valence-corrected chi connectivity index (χ0v) is 11.4. The van der Waals surface area contributed by atoms with Crippen LogP contribution in [0.4, 0.5) is 0 Å². The topological polar surface area (TPSA) is 43.3 Å². The molecule has 4 heteroatoms. The van der Waals surface area contributed by atoms with Crippen molar-refractivity contribution in [3.8, 4) is 0 Å². The number of carbonyl (C=O) groups excluding carboxylic acids is 1. The van der Waals surface area contributed by atoms with Crippen LogP contribution in [0, 0.1) is 0 Å². The van der Waals surface area contributed by atoms with Crippen molar-refractivity contribution < 1.29 is 9.53 Å². The number of hydrogen-bond acceptors (Lipinski definition) is 2. The molecule has 1 N–H and O–H groups in total. The molecule has 0 fully saturated rings. The summed E-state index contributed by atoms with van der Waals surface area (Å²) in [6, 6.07) is 10.3. The Morgan fingerprint density at radius 3 is 2.95 bits per heavy atom. The summed E-state index contributed by atoms with van der Waals surface area (Å²) in [5.74, 6) is 0.0577. The van der Waals surface area contributed by atoms with Crippen LogP contribution in [0.3, 0.4) is 0 Å². The van der Waals surface area contributed by atoms with Crippen LogP contribution in [0.25, 0.3) is 10.9 Å². The number of benzene rings is 1. The molecule has 2 rings (SSSR count). The van der Waals surface area contributed by atoms with E-state index in [2.05, 4.69) is 28.1 Å². The Bertz CT molecular complexity index is 548. The standard InChI is InChI=1S/C15H20N2O2/c1-12(11-19-2)16-15(18)8-10-17-9-7-13-5-3-4-6-14(13)17/h3-7,9,12H,8,10-11H2,1-2H3,(H,16,18). The molecule has 0 aliphatic heterocycles. The Hall–Kier alpha value is -1.81. The van der Waals surface area contributed by atoms with Crippen molar-refractivity contribution in [2.75, 3.05) is 13.7 Å². The fourth-order valence-electron chi connectivity index (χ4n) is 2.20. The predicted octanol–water partition coefficient (Wildman–Crippen LogP) is 2.18. The maximum atomic E-state index is 11.8. The van der Waals surface area contributed by atoms with E-state index in [9.17, 15) is 4.79 Å². The zero-order valence-electron chi connectivity index (χ0n) is 11.4. The van der Waals surface area contributed by atoms with Gasteiger partial charge < -0.3 is 14.6 Å². The smallest absolute Gasteiger partial charge is 0.222 e. The summed E-state index contributed by atoms with van der Waals surface area (Å²) in [5, 5.41) is 4.12. The van der Waals surface area contributed by atoms with Gasteiger partial charge in [0.1, 0.15) is 0 Å². The molecule has 19 heavy (non-hydrogen) atoms. The van der Waals surface area contributed by atoms with Crippen LogP contribution in [0.5, 0.6) is 0 Å². The van der Waals surface area contributed by atoms with E-state index in [1.807, 2.05) is 25.3 Å². The van der Waals surface area contributed by atoms with E-state index in [1.54, 1.807) is 7.11 Å². The van der Waals surface area contributed by atoms with Crippen molar-refractivity contribution in [3.05, 3.63) is 36.5 Å². The molecule has 0 saturated carbocycles.